The number of anilines is 1. The molecule has 0 unspecified atom stereocenters. The van der Waals surface area contributed by atoms with Crippen LogP contribution in [0, 0.1) is 6.92 Å². The van der Waals surface area contributed by atoms with E-state index in [0.29, 0.717) is 20.7 Å². The zero-order chi connectivity index (χ0) is 20.4. The van der Waals surface area contributed by atoms with Crippen LogP contribution in [0.2, 0.25) is 0 Å². The lowest BCUT2D eigenvalue weighted by Crippen LogP contribution is -2.31. The number of thiocarbonyl (C=S) groups is 1. The summed E-state index contributed by atoms with van der Waals surface area (Å²) in [5, 5.41) is 2.87. The van der Waals surface area contributed by atoms with Gasteiger partial charge >= 0.3 is 0 Å². The molecule has 2 aromatic rings. The number of rotatable bonds is 5. The van der Waals surface area contributed by atoms with Crippen LogP contribution < -0.4 is 14.8 Å². The average Bonchev–Trinajstić information content (AvgIpc) is 3.26. The molecule has 8 heteroatoms. The van der Waals surface area contributed by atoms with Crippen molar-refractivity contribution in [3.05, 3.63) is 58.5 Å². The van der Waals surface area contributed by atoms with E-state index in [1.165, 1.54) is 16.7 Å². The molecule has 148 valence electrons. The summed E-state index contributed by atoms with van der Waals surface area (Å²) in [7, 11) is 0. The lowest BCUT2D eigenvalue weighted by Gasteiger charge is -2.14. The lowest BCUT2D eigenvalue weighted by atomic mass is 10.2. The van der Waals surface area contributed by atoms with Crippen LogP contribution in [0.4, 0.5) is 5.69 Å². The van der Waals surface area contributed by atoms with Crippen LogP contribution in [0.3, 0.4) is 0 Å². The van der Waals surface area contributed by atoms with Crippen molar-refractivity contribution in [3.8, 4) is 11.5 Å². The van der Waals surface area contributed by atoms with Crippen LogP contribution in [0.5, 0.6) is 11.5 Å². The standard InChI is InChI=1S/C21H18N2O4S2/c1-13-4-2-3-5-15(13)22-19(24)8-9-23-20(25)18(29-21(23)28)11-14-6-7-16-17(10-14)27-12-26-16/h2-7,10-11H,8-9,12H2,1H3,(H,22,24). The molecule has 2 aliphatic heterocycles. The van der Waals surface area contributed by atoms with Gasteiger partial charge in [0.15, 0.2) is 11.5 Å². The van der Waals surface area contributed by atoms with Gasteiger partial charge in [-0.25, -0.2) is 0 Å². The first-order valence-electron chi connectivity index (χ1n) is 9.02. The van der Waals surface area contributed by atoms with Crippen molar-refractivity contribution in [1.29, 1.82) is 0 Å². The summed E-state index contributed by atoms with van der Waals surface area (Å²) in [6.07, 6.45) is 1.94. The molecule has 4 rings (SSSR count). The third-order valence-electron chi connectivity index (χ3n) is 4.55. The number of benzene rings is 2. The molecular formula is C21H18N2O4S2. The Labute approximate surface area is 177 Å². The molecule has 0 spiro atoms. The van der Waals surface area contributed by atoms with E-state index in [1.807, 2.05) is 49.4 Å². The van der Waals surface area contributed by atoms with Gasteiger partial charge in [-0.3, -0.25) is 14.5 Å². The maximum absolute atomic E-state index is 12.7. The minimum absolute atomic E-state index is 0.159. The van der Waals surface area contributed by atoms with Crippen LogP contribution in [-0.4, -0.2) is 34.4 Å². The molecule has 1 saturated heterocycles. The van der Waals surface area contributed by atoms with E-state index in [0.717, 1.165) is 16.8 Å². The second-order valence-electron chi connectivity index (χ2n) is 6.56. The Hall–Kier alpha value is -2.84. The van der Waals surface area contributed by atoms with Gasteiger partial charge < -0.3 is 14.8 Å². The summed E-state index contributed by atoms with van der Waals surface area (Å²) < 4.78 is 11.1. The highest BCUT2D eigenvalue weighted by Gasteiger charge is 2.32. The van der Waals surface area contributed by atoms with Crippen molar-refractivity contribution in [2.24, 2.45) is 0 Å². The van der Waals surface area contributed by atoms with Gasteiger partial charge in [0.1, 0.15) is 4.32 Å². The Morgan fingerprint density at radius 3 is 2.86 bits per heavy atom. The van der Waals surface area contributed by atoms with Gasteiger partial charge in [0.05, 0.1) is 4.91 Å². The number of para-hydroxylation sites is 1. The van der Waals surface area contributed by atoms with E-state index >= 15 is 0 Å². The van der Waals surface area contributed by atoms with Crippen molar-refractivity contribution in [1.82, 2.24) is 4.90 Å². The largest absolute Gasteiger partial charge is 0.454 e. The number of ether oxygens (including phenoxy) is 2. The first kappa shape index (κ1) is 19.5. The van der Waals surface area contributed by atoms with Crippen molar-refractivity contribution in [2.75, 3.05) is 18.7 Å². The number of fused-ring (bicyclic) bond motifs is 1. The molecule has 0 bridgehead atoms. The van der Waals surface area contributed by atoms with E-state index in [9.17, 15) is 9.59 Å². The van der Waals surface area contributed by atoms with Gasteiger partial charge in [-0.15, -0.1) is 0 Å². The first-order chi connectivity index (χ1) is 14.0. The minimum atomic E-state index is -0.193. The zero-order valence-electron chi connectivity index (χ0n) is 15.6. The molecule has 1 fully saturated rings. The highest BCUT2D eigenvalue weighted by Crippen LogP contribution is 2.36. The Morgan fingerprint density at radius 2 is 2.03 bits per heavy atom. The molecule has 0 aromatic heterocycles. The SMILES string of the molecule is Cc1ccccc1NC(=O)CCN1C(=O)C(=Cc2ccc3c(c2)OCO3)SC1=S. The van der Waals surface area contributed by atoms with Crippen molar-refractivity contribution in [2.45, 2.75) is 13.3 Å². The summed E-state index contributed by atoms with van der Waals surface area (Å²) in [5.41, 5.74) is 2.58. The van der Waals surface area contributed by atoms with Gasteiger partial charge in [0.2, 0.25) is 12.7 Å². The molecule has 2 aliphatic rings. The van der Waals surface area contributed by atoms with Crippen LogP contribution in [-0.2, 0) is 9.59 Å². The number of hydrogen-bond donors (Lipinski definition) is 1. The van der Waals surface area contributed by atoms with Gasteiger partial charge in [-0.2, -0.15) is 0 Å². The van der Waals surface area contributed by atoms with Crippen LogP contribution in [0.15, 0.2) is 47.4 Å². The van der Waals surface area contributed by atoms with Crippen LogP contribution >= 0.6 is 24.0 Å². The predicted octanol–water partition coefficient (Wildman–Crippen LogP) is 3.95. The number of aryl methyl sites for hydroxylation is 1. The van der Waals surface area contributed by atoms with Crippen LogP contribution in [0.25, 0.3) is 6.08 Å². The fourth-order valence-corrected chi connectivity index (χ4v) is 4.29. The second-order valence-corrected chi connectivity index (χ2v) is 8.23. The molecule has 0 saturated carbocycles. The maximum Gasteiger partial charge on any atom is 0.266 e. The smallest absolute Gasteiger partial charge is 0.266 e. The maximum atomic E-state index is 12.7. The monoisotopic (exact) mass is 426 g/mol. The number of carbonyl (C=O) groups is 2. The molecule has 0 atom stereocenters. The quantitative estimate of drug-likeness (QED) is 0.577. The van der Waals surface area contributed by atoms with Crippen molar-refractivity contribution < 1.29 is 19.1 Å². The number of nitrogens with zero attached hydrogens (tertiary/aromatic N) is 1. The van der Waals surface area contributed by atoms with Crippen molar-refractivity contribution >= 4 is 51.9 Å². The summed E-state index contributed by atoms with van der Waals surface area (Å²) in [6.45, 7) is 2.37. The minimum Gasteiger partial charge on any atom is -0.454 e. The van der Waals surface area contributed by atoms with Crippen LogP contribution in [0.1, 0.15) is 17.5 Å². The molecular weight excluding hydrogens is 408 g/mol. The average molecular weight is 427 g/mol. The third kappa shape index (κ3) is 4.28. The summed E-state index contributed by atoms with van der Waals surface area (Å²) in [5.74, 6) is 0.992. The Bertz CT molecular complexity index is 1040. The van der Waals surface area contributed by atoms with Gasteiger partial charge in [-0.05, 0) is 42.3 Å². The molecule has 2 amide bonds. The van der Waals surface area contributed by atoms with Crippen molar-refractivity contribution in [3.63, 3.8) is 0 Å². The Morgan fingerprint density at radius 1 is 1.24 bits per heavy atom. The molecule has 2 heterocycles. The van der Waals surface area contributed by atoms with E-state index < -0.39 is 0 Å². The highest BCUT2D eigenvalue weighted by atomic mass is 32.2. The number of nitrogens with one attached hydrogen (secondary N) is 1. The Kier molecular flexibility index (Phi) is 5.55. The zero-order valence-corrected chi connectivity index (χ0v) is 17.3. The second kappa shape index (κ2) is 8.26. The van der Waals surface area contributed by atoms with E-state index in [2.05, 4.69) is 5.32 Å². The van der Waals surface area contributed by atoms with Gasteiger partial charge in [0.25, 0.3) is 5.91 Å². The fourth-order valence-electron chi connectivity index (χ4n) is 2.99. The fraction of sp³-hybridized carbons (Fsp3) is 0.190. The Balaban J connectivity index is 1.39. The van der Waals surface area contributed by atoms with E-state index in [4.69, 9.17) is 21.7 Å². The number of thioether (sulfide) groups is 1. The number of hydrogen-bond acceptors (Lipinski definition) is 6. The highest BCUT2D eigenvalue weighted by molar-refractivity contribution is 8.26. The normalized spacial score (nSPS) is 16.6. The number of amides is 2. The lowest BCUT2D eigenvalue weighted by molar-refractivity contribution is -0.122. The number of carbonyl (C=O) groups excluding carboxylic acids is 2. The van der Waals surface area contributed by atoms with Gasteiger partial charge in [0, 0.05) is 18.7 Å². The molecule has 2 aromatic carbocycles. The molecule has 29 heavy (non-hydrogen) atoms. The summed E-state index contributed by atoms with van der Waals surface area (Å²) >= 11 is 6.58. The van der Waals surface area contributed by atoms with E-state index in [-0.39, 0.29) is 31.6 Å². The topological polar surface area (TPSA) is 67.9 Å². The molecule has 6 nitrogen and oxygen atoms in total. The first-order valence-corrected chi connectivity index (χ1v) is 10.2. The molecule has 0 radical (unpaired) electrons. The molecule has 1 N–H and O–H groups in total. The summed E-state index contributed by atoms with van der Waals surface area (Å²) in [6, 6.07) is 13.0. The third-order valence-corrected chi connectivity index (χ3v) is 5.93. The van der Waals surface area contributed by atoms with Gasteiger partial charge in [-0.1, -0.05) is 48.2 Å². The van der Waals surface area contributed by atoms with E-state index in [1.54, 1.807) is 6.08 Å². The summed E-state index contributed by atoms with van der Waals surface area (Å²) in [4.78, 5) is 27.0. The molecule has 0 aliphatic carbocycles. The predicted molar refractivity (Wildman–Crippen MR) is 117 cm³/mol.